The summed E-state index contributed by atoms with van der Waals surface area (Å²) < 4.78 is 46.4. The molecule has 37 heavy (non-hydrogen) atoms. The molecule has 2 aliphatic heterocycles. The molecule has 2 aromatic rings. The molecule has 0 spiro atoms. The van der Waals surface area contributed by atoms with Gasteiger partial charge in [0.15, 0.2) is 0 Å². The van der Waals surface area contributed by atoms with Crippen molar-refractivity contribution in [3.63, 3.8) is 0 Å². The monoisotopic (exact) mass is 519 g/mol. The Labute approximate surface area is 207 Å². The third kappa shape index (κ3) is 5.48. The average Bonchev–Trinajstić information content (AvgIpc) is 3.08. The van der Waals surface area contributed by atoms with Gasteiger partial charge >= 0.3 is 6.36 Å². The minimum atomic E-state index is -4.83. The molecule has 2 aromatic carbocycles. The number of anilines is 1. The van der Waals surface area contributed by atoms with E-state index >= 15 is 0 Å². The van der Waals surface area contributed by atoms with Crippen molar-refractivity contribution in [1.82, 2.24) is 10.2 Å². The zero-order chi connectivity index (χ0) is 26.9. The van der Waals surface area contributed by atoms with Gasteiger partial charge < -0.3 is 15.2 Å². The van der Waals surface area contributed by atoms with Crippen molar-refractivity contribution in [3.05, 3.63) is 65.5 Å². The lowest BCUT2D eigenvalue weighted by molar-refractivity contribution is -0.274. The number of carbonyl (C=O) groups is 4. The predicted molar refractivity (Wildman–Crippen MR) is 121 cm³/mol. The number of nitrogens with two attached hydrogens (primary N) is 2. The maximum absolute atomic E-state index is 13.1. The molecular formula is C23H20F3N5O6. The summed E-state index contributed by atoms with van der Waals surface area (Å²) in [4.78, 5) is 50.4. The van der Waals surface area contributed by atoms with E-state index in [4.69, 9.17) is 16.3 Å². The number of rotatable bonds is 7. The molecule has 14 heteroatoms. The van der Waals surface area contributed by atoms with E-state index in [1.165, 1.54) is 36.5 Å². The van der Waals surface area contributed by atoms with Gasteiger partial charge in [-0.05, 0) is 42.8 Å². The van der Waals surface area contributed by atoms with E-state index in [0.717, 1.165) is 22.0 Å². The number of amides is 4. The fraction of sp³-hybridized carbons (Fsp3) is 0.217. The molecule has 2 aliphatic rings. The lowest BCUT2D eigenvalue weighted by Gasteiger charge is -2.27. The molecule has 4 rings (SSSR count). The van der Waals surface area contributed by atoms with Crippen LogP contribution in [0.15, 0.2) is 54.4 Å². The first-order valence-corrected chi connectivity index (χ1v) is 10.8. The van der Waals surface area contributed by atoms with Crippen LogP contribution in [-0.4, -0.2) is 47.5 Å². The number of benzene rings is 2. The summed E-state index contributed by atoms with van der Waals surface area (Å²) in [5.41, 5.74) is 6.31. The molecule has 0 aliphatic carbocycles. The Morgan fingerprint density at radius 3 is 2.46 bits per heavy atom. The van der Waals surface area contributed by atoms with Crippen LogP contribution < -0.4 is 31.4 Å². The smallest absolute Gasteiger partial charge is 0.486 e. The van der Waals surface area contributed by atoms with Crippen molar-refractivity contribution in [2.24, 2.45) is 11.6 Å². The quantitative estimate of drug-likeness (QED) is 0.280. The number of nitrogens with zero attached hydrogens (tertiary/aromatic N) is 2. The van der Waals surface area contributed by atoms with Crippen LogP contribution in [0.25, 0.3) is 0 Å². The summed E-state index contributed by atoms with van der Waals surface area (Å²) in [6.07, 6.45) is -3.57. The van der Waals surface area contributed by atoms with Crippen molar-refractivity contribution < 1.29 is 41.8 Å². The topological polar surface area (TPSA) is 157 Å². The van der Waals surface area contributed by atoms with Gasteiger partial charge in [-0.25, -0.2) is 5.84 Å². The maximum atomic E-state index is 13.1. The minimum absolute atomic E-state index is 0.0116. The fourth-order valence-electron chi connectivity index (χ4n) is 3.88. The van der Waals surface area contributed by atoms with E-state index in [2.05, 4.69) is 10.1 Å². The second-order valence-corrected chi connectivity index (χ2v) is 8.07. The number of alkyl halides is 3. The lowest BCUT2D eigenvalue weighted by atomic mass is 10.0. The molecule has 1 atom stereocenters. The summed E-state index contributed by atoms with van der Waals surface area (Å²) in [6.45, 7) is -0.265. The van der Waals surface area contributed by atoms with E-state index in [1.807, 2.05) is 0 Å². The van der Waals surface area contributed by atoms with Gasteiger partial charge in [-0.1, -0.05) is 6.07 Å². The van der Waals surface area contributed by atoms with E-state index in [1.54, 1.807) is 0 Å². The highest BCUT2D eigenvalue weighted by Gasteiger charge is 2.46. The highest BCUT2D eigenvalue weighted by atomic mass is 19.4. The molecule has 0 radical (unpaired) electrons. The van der Waals surface area contributed by atoms with Crippen molar-refractivity contribution >= 4 is 29.3 Å². The number of imide groups is 2. The van der Waals surface area contributed by atoms with Crippen LogP contribution in [0.3, 0.4) is 0 Å². The molecule has 194 valence electrons. The zero-order valence-electron chi connectivity index (χ0n) is 18.9. The minimum Gasteiger partial charge on any atom is -0.486 e. The maximum Gasteiger partial charge on any atom is 0.573 e. The lowest BCUT2D eigenvalue weighted by Crippen LogP contribution is -2.54. The normalized spacial score (nSPS) is 18.0. The van der Waals surface area contributed by atoms with Gasteiger partial charge in [0.1, 0.15) is 24.1 Å². The molecule has 4 amide bonds. The van der Waals surface area contributed by atoms with Crippen molar-refractivity contribution in [2.45, 2.75) is 25.2 Å². The molecule has 1 fully saturated rings. The SMILES string of the molecule is N/C(=C\N(N)c1ccc(OC(F)(F)F)cc1)COc1cccc2c1C(=O)N(C1CCC(=O)NC1=O)C2=O. The largest absolute Gasteiger partial charge is 0.573 e. The second-order valence-electron chi connectivity index (χ2n) is 8.07. The number of hydrogen-bond acceptors (Lipinski definition) is 9. The van der Waals surface area contributed by atoms with Gasteiger partial charge in [0, 0.05) is 12.6 Å². The molecule has 0 saturated carbocycles. The van der Waals surface area contributed by atoms with Crippen LogP contribution in [0.1, 0.15) is 33.6 Å². The second kappa shape index (κ2) is 9.81. The van der Waals surface area contributed by atoms with Crippen LogP contribution in [-0.2, 0) is 9.59 Å². The number of fused-ring (bicyclic) bond motifs is 1. The summed E-state index contributed by atoms with van der Waals surface area (Å²) in [5, 5.41) is 3.17. The number of piperidine rings is 1. The summed E-state index contributed by atoms with van der Waals surface area (Å²) in [7, 11) is 0. The number of hydrazine groups is 1. The molecule has 2 heterocycles. The van der Waals surface area contributed by atoms with Gasteiger partial charge in [0.05, 0.1) is 22.5 Å². The van der Waals surface area contributed by atoms with Crippen LogP contribution in [0, 0.1) is 0 Å². The third-order valence-electron chi connectivity index (χ3n) is 5.50. The molecule has 5 N–H and O–H groups in total. The first-order chi connectivity index (χ1) is 17.4. The first kappa shape index (κ1) is 25.5. The highest BCUT2D eigenvalue weighted by molar-refractivity contribution is 6.24. The number of nitrogens with one attached hydrogen (secondary N) is 1. The molecule has 1 unspecified atom stereocenters. The Bertz CT molecular complexity index is 1290. The number of carbonyl (C=O) groups excluding carboxylic acids is 4. The Kier molecular flexibility index (Phi) is 6.76. The zero-order valence-corrected chi connectivity index (χ0v) is 18.9. The molecule has 0 bridgehead atoms. The van der Waals surface area contributed by atoms with E-state index in [0.29, 0.717) is 5.69 Å². The standard InChI is InChI=1S/C23H20F3N5O6/c24-23(25,26)37-14-6-4-13(5-7-14)30(28)10-12(27)11-36-17-3-1-2-15-19(17)22(35)31(21(15)34)16-8-9-18(32)29-20(16)33/h1-7,10,16H,8-9,11,27-28H2,(H,29,32,33)/b12-10-. The van der Waals surface area contributed by atoms with Gasteiger partial charge in [-0.3, -0.25) is 34.4 Å². The predicted octanol–water partition coefficient (Wildman–Crippen LogP) is 1.55. The van der Waals surface area contributed by atoms with Gasteiger partial charge in [0.25, 0.3) is 11.8 Å². The van der Waals surface area contributed by atoms with E-state index in [-0.39, 0.29) is 42.0 Å². The fourth-order valence-corrected chi connectivity index (χ4v) is 3.88. The van der Waals surface area contributed by atoms with Crippen molar-refractivity contribution in [3.8, 4) is 11.5 Å². The van der Waals surface area contributed by atoms with Crippen LogP contribution >= 0.6 is 0 Å². The van der Waals surface area contributed by atoms with Gasteiger partial charge in [-0.2, -0.15) is 0 Å². The van der Waals surface area contributed by atoms with Gasteiger partial charge in [0.2, 0.25) is 11.8 Å². The third-order valence-corrected chi connectivity index (χ3v) is 5.50. The van der Waals surface area contributed by atoms with E-state index < -0.39 is 41.8 Å². The number of ether oxygens (including phenoxy) is 2. The summed E-state index contributed by atoms with van der Waals surface area (Å²) >= 11 is 0. The first-order valence-electron chi connectivity index (χ1n) is 10.8. The Morgan fingerprint density at radius 2 is 1.81 bits per heavy atom. The number of hydrogen-bond donors (Lipinski definition) is 3. The van der Waals surface area contributed by atoms with Crippen molar-refractivity contribution in [2.75, 3.05) is 11.6 Å². The van der Waals surface area contributed by atoms with Gasteiger partial charge in [-0.15, -0.1) is 13.2 Å². The molecule has 0 aromatic heterocycles. The Balaban J connectivity index is 1.45. The molecule has 1 saturated heterocycles. The summed E-state index contributed by atoms with van der Waals surface area (Å²) in [6, 6.07) is 7.95. The molecule has 11 nitrogen and oxygen atoms in total. The van der Waals surface area contributed by atoms with Crippen molar-refractivity contribution in [1.29, 1.82) is 0 Å². The van der Waals surface area contributed by atoms with Crippen LogP contribution in [0.5, 0.6) is 11.5 Å². The van der Waals surface area contributed by atoms with Crippen LogP contribution in [0.4, 0.5) is 18.9 Å². The Morgan fingerprint density at radius 1 is 1.11 bits per heavy atom. The number of halogens is 3. The highest BCUT2D eigenvalue weighted by Crippen LogP contribution is 2.33. The van der Waals surface area contributed by atoms with Crippen LogP contribution in [0.2, 0.25) is 0 Å². The Hall–Kier alpha value is -4.59. The molecular weight excluding hydrogens is 499 g/mol. The average molecular weight is 519 g/mol. The summed E-state index contributed by atoms with van der Waals surface area (Å²) in [5.74, 6) is 2.86. The van der Waals surface area contributed by atoms with E-state index in [9.17, 15) is 32.3 Å².